The maximum absolute atomic E-state index is 13.6. The highest BCUT2D eigenvalue weighted by molar-refractivity contribution is 7.98. The van der Waals surface area contributed by atoms with Crippen LogP contribution in [0.2, 0.25) is 0 Å². The van der Waals surface area contributed by atoms with Crippen LogP contribution < -0.4 is 4.74 Å². The summed E-state index contributed by atoms with van der Waals surface area (Å²) < 4.78 is 29.7. The third-order valence-electron chi connectivity index (χ3n) is 3.11. The van der Waals surface area contributed by atoms with E-state index in [0.29, 0.717) is 23.3 Å². The summed E-state index contributed by atoms with van der Waals surface area (Å²) in [5.41, 5.74) is 2.41. The number of oxazole rings is 1. The van der Waals surface area contributed by atoms with Crippen LogP contribution in [0.4, 0.5) is 4.39 Å². The van der Waals surface area contributed by atoms with Crippen LogP contribution in [0.25, 0.3) is 0 Å². The number of benzene rings is 1. The van der Waals surface area contributed by atoms with Gasteiger partial charge in [0.1, 0.15) is 17.3 Å². The van der Waals surface area contributed by atoms with Crippen LogP contribution >= 0.6 is 11.8 Å². The molecule has 2 aromatic rings. The van der Waals surface area contributed by atoms with Gasteiger partial charge in [0.2, 0.25) is 0 Å². The van der Waals surface area contributed by atoms with E-state index in [9.17, 15) is 4.39 Å². The number of halogens is 1. The molecule has 0 saturated carbocycles. The average molecular weight is 295 g/mol. The monoisotopic (exact) mass is 295 g/mol. The number of hydrogen-bond acceptors (Lipinski definition) is 5. The van der Waals surface area contributed by atoms with Crippen molar-refractivity contribution in [3.8, 4) is 5.75 Å². The molecular weight excluding hydrogens is 281 g/mol. The molecule has 0 fully saturated rings. The van der Waals surface area contributed by atoms with Gasteiger partial charge < -0.3 is 13.9 Å². The van der Waals surface area contributed by atoms with E-state index in [-0.39, 0.29) is 12.6 Å². The summed E-state index contributed by atoms with van der Waals surface area (Å²) >= 11 is 1.42. The molecule has 0 unspecified atom stereocenters. The predicted octanol–water partition coefficient (Wildman–Crippen LogP) is 3.59. The van der Waals surface area contributed by atoms with E-state index in [1.165, 1.54) is 23.9 Å². The largest absolute Gasteiger partial charge is 0.467 e. The zero-order valence-electron chi connectivity index (χ0n) is 11.2. The topological polar surface area (TPSA) is 44.5 Å². The van der Waals surface area contributed by atoms with Gasteiger partial charge in [-0.1, -0.05) is 11.8 Å². The van der Waals surface area contributed by atoms with E-state index in [0.717, 1.165) is 22.6 Å². The van der Waals surface area contributed by atoms with Crippen molar-refractivity contribution in [1.82, 2.24) is 4.98 Å². The van der Waals surface area contributed by atoms with Gasteiger partial charge in [-0.05, 0) is 26.0 Å². The Balaban J connectivity index is 1.81. The summed E-state index contributed by atoms with van der Waals surface area (Å²) in [6.45, 7) is 4.35. The lowest BCUT2D eigenvalue weighted by Crippen LogP contribution is -2.13. The van der Waals surface area contributed by atoms with Crippen LogP contribution in [0.3, 0.4) is 0 Å². The first kappa shape index (κ1) is 13.5. The molecule has 2 heterocycles. The lowest BCUT2D eigenvalue weighted by molar-refractivity contribution is -0.0171. The molecule has 0 N–H and O–H groups in total. The van der Waals surface area contributed by atoms with Crippen LogP contribution in [0.15, 0.2) is 21.8 Å². The van der Waals surface area contributed by atoms with Gasteiger partial charge in [-0.15, -0.1) is 0 Å². The van der Waals surface area contributed by atoms with E-state index in [2.05, 4.69) is 4.98 Å². The van der Waals surface area contributed by atoms with Gasteiger partial charge in [0, 0.05) is 16.9 Å². The van der Waals surface area contributed by atoms with Gasteiger partial charge in [0.25, 0.3) is 5.22 Å². The number of thioether (sulfide) groups is 1. The summed E-state index contributed by atoms with van der Waals surface area (Å²) in [7, 11) is 0. The molecule has 1 aliphatic rings. The fourth-order valence-corrected chi connectivity index (χ4v) is 2.89. The van der Waals surface area contributed by atoms with E-state index < -0.39 is 0 Å². The Morgan fingerprint density at radius 3 is 2.95 bits per heavy atom. The van der Waals surface area contributed by atoms with Crippen molar-refractivity contribution in [2.24, 2.45) is 0 Å². The summed E-state index contributed by atoms with van der Waals surface area (Å²) in [6.07, 6.45) is 0. The van der Waals surface area contributed by atoms with E-state index in [1.807, 2.05) is 13.8 Å². The van der Waals surface area contributed by atoms with Crippen LogP contribution in [0, 0.1) is 19.7 Å². The Hall–Kier alpha value is -1.53. The molecule has 1 aromatic carbocycles. The smallest absolute Gasteiger partial charge is 0.256 e. The molecule has 0 amide bonds. The summed E-state index contributed by atoms with van der Waals surface area (Å²) in [4.78, 5) is 4.30. The van der Waals surface area contributed by atoms with Crippen LogP contribution in [-0.2, 0) is 17.1 Å². The number of aryl methyl sites for hydroxylation is 2. The fraction of sp³-hybridized carbons (Fsp3) is 0.357. The van der Waals surface area contributed by atoms with Crippen molar-refractivity contribution in [1.29, 1.82) is 0 Å². The zero-order valence-corrected chi connectivity index (χ0v) is 12.1. The molecule has 0 spiro atoms. The quantitative estimate of drug-likeness (QED) is 0.810. The second-order valence-electron chi connectivity index (χ2n) is 4.57. The highest BCUT2D eigenvalue weighted by Gasteiger charge is 2.18. The van der Waals surface area contributed by atoms with Gasteiger partial charge in [-0.3, -0.25) is 0 Å². The lowest BCUT2D eigenvalue weighted by atomic mass is 10.1. The maximum Gasteiger partial charge on any atom is 0.256 e. The zero-order chi connectivity index (χ0) is 14.1. The molecule has 1 aliphatic heterocycles. The molecule has 4 nitrogen and oxygen atoms in total. The maximum atomic E-state index is 13.6. The van der Waals surface area contributed by atoms with Crippen LogP contribution in [0.1, 0.15) is 22.6 Å². The van der Waals surface area contributed by atoms with Crippen molar-refractivity contribution in [3.63, 3.8) is 0 Å². The first-order chi connectivity index (χ1) is 9.63. The number of hydrogen-bond donors (Lipinski definition) is 0. The number of fused-ring (bicyclic) bond motifs is 1. The highest BCUT2D eigenvalue weighted by Crippen LogP contribution is 2.34. The molecule has 6 heteroatoms. The molecule has 20 heavy (non-hydrogen) atoms. The van der Waals surface area contributed by atoms with Crippen LogP contribution in [0.5, 0.6) is 5.75 Å². The Morgan fingerprint density at radius 2 is 2.20 bits per heavy atom. The Morgan fingerprint density at radius 1 is 1.35 bits per heavy atom. The summed E-state index contributed by atoms with van der Waals surface area (Å²) in [5, 5.41) is 0.588. The molecule has 106 valence electrons. The predicted molar refractivity (Wildman–Crippen MR) is 72.2 cm³/mol. The van der Waals surface area contributed by atoms with Crippen molar-refractivity contribution < 1.29 is 18.3 Å². The van der Waals surface area contributed by atoms with Crippen molar-refractivity contribution in [2.75, 3.05) is 6.79 Å². The van der Waals surface area contributed by atoms with Gasteiger partial charge in [-0.2, -0.15) is 0 Å². The molecular formula is C14H14FNO3S. The first-order valence-electron chi connectivity index (χ1n) is 6.22. The average Bonchev–Trinajstić information content (AvgIpc) is 2.75. The van der Waals surface area contributed by atoms with Gasteiger partial charge in [0.05, 0.1) is 12.3 Å². The molecule has 0 radical (unpaired) electrons. The number of aromatic nitrogens is 1. The van der Waals surface area contributed by atoms with E-state index >= 15 is 0 Å². The minimum absolute atomic E-state index is 0.202. The number of ether oxygens (including phenoxy) is 2. The standard InChI is InChI=1S/C14H14FNO3S/c1-8-9(2)19-14(16-8)20-6-11-4-12(15)3-10-5-17-7-18-13(10)11/h3-4H,5-7H2,1-2H3. The minimum atomic E-state index is -0.284. The van der Waals surface area contributed by atoms with Crippen LogP contribution in [-0.4, -0.2) is 11.8 Å². The van der Waals surface area contributed by atoms with Gasteiger partial charge in [-0.25, -0.2) is 9.37 Å². The van der Waals surface area contributed by atoms with Crippen molar-refractivity contribution in [2.45, 2.75) is 31.4 Å². The van der Waals surface area contributed by atoms with Gasteiger partial charge >= 0.3 is 0 Å². The molecule has 3 rings (SSSR count). The molecule has 0 bridgehead atoms. The Labute approximate surface area is 120 Å². The molecule has 0 atom stereocenters. The first-order valence-corrected chi connectivity index (χ1v) is 7.20. The number of nitrogens with zero attached hydrogens (tertiary/aromatic N) is 1. The van der Waals surface area contributed by atoms with Crippen molar-refractivity contribution in [3.05, 3.63) is 40.5 Å². The second-order valence-corrected chi connectivity index (χ2v) is 5.50. The lowest BCUT2D eigenvalue weighted by Gasteiger charge is -2.20. The Kier molecular flexibility index (Phi) is 3.67. The third-order valence-corrected chi connectivity index (χ3v) is 3.99. The van der Waals surface area contributed by atoms with E-state index in [4.69, 9.17) is 13.9 Å². The third kappa shape index (κ3) is 2.66. The normalized spacial score (nSPS) is 13.9. The Bertz CT molecular complexity index is 622. The minimum Gasteiger partial charge on any atom is -0.467 e. The second kappa shape index (κ2) is 5.46. The summed E-state index contributed by atoms with van der Waals surface area (Å²) in [5.74, 6) is 1.77. The summed E-state index contributed by atoms with van der Waals surface area (Å²) in [6, 6.07) is 2.93. The van der Waals surface area contributed by atoms with Gasteiger partial charge in [0.15, 0.2) is 6.79 Å². The number of rotatable bonds is 3. The molecule has 1 aromatic heterocycles. The molecule has 0 saturated heterocycles. The SMILES string of the molecule is Cc1nc(SCc2cc(F)cc3c2OCOC3)oc1C. The molecule has 0 aliphatic carbocycles. The van der Waals surface area contributed by atoms with E-state index in [1.54, 1.807) is 0 Å². The fourth-order valence-electron chi connectivity index (χ4n) is 2.01. The van der Waals surface area contributed by atoms with Crippen molar-refractivity contribution >= 4 is 11.8 Å². The highest BCUT2D eigenvalue weighted by atomic mass is 32.2.